The molecule has 4 atom stereocenters. The summed E-state index contributed by atoms with van der Waals surface area (Å²) in [4.78, 5) is 23.0. The topological polar surface area (TPSA) is 54.4 Å². The van der Waals surface area contributed by atoms with Crippen LogP contribution < -0.4 is 0 Å². The Hall–Kier alpha value is -0.860. The number of hydrogen-bond acceptors (Lipinski definition) is 2. The van der Waals surface area contributed by atoms with E-state index in [0.29, 0.717) is 5.92 Å². The summed E-state index contributed by atoms with van der Waals surface area (Å²) in [6.07, 6.45) is 4.19. The van der Waals surface area contributed by atoms with Gasteiger partial charge in [-0.25, -0.2) is 0 Å². The van der Waals surface area contributed by atoms with Crippen LogP contribution in [0.4, 0.5) is 0 Å². The number of carbonyl (C=O) groups excluding carboxylic acids is 1. The van der Waals surface area contributed by atoms with Crippen LogP contribution in [0.2, 0.25) is 0 Å². The molecule has 1 fully saturated rings. The number of Topliss-reactive ketones (excluding diaryl/α,β-unsaturated/α-hetero) is 1. The van der Waals surface area contributed by atoms with Crippen molar-refractivity contribution in [2.45, 2.75) is 46.5 Å². The van der Waals surface area contributed by atoms with Crippen molar-refractivity contribution in [3.63, 3.8) is 0 Å². The van der Waals surface area contributed by atoms with Gasteiger partial charge in [-0.1, -0.05) is 33.6 Å². The lowest BCUT2D eigenvalue weighted by Crippen LogP contribution is -2.32. The van der Waals surface area contributed by atoms with Crippen molar-refractivity contribution < 1.29 is 14.7 Å². The molecular formula is C13H22O3. The molecule has 1 aliphatic carbocycles. The highest BCUT2D eigenvalue weighted by Crippen LogP contribution is 2.32. The van der Waals surface area contributed by atoms with E-state index in [1.807, 2.05) is 0 Å². The maximum Gasteiger partial charge on any atom is 0.306 e. The smallest absolute Gasteiger partial charge is 0.306 e. The summed E-state index contributed by atoms with van der Waals surface area (Å²) in [6.45, 7) is 5.54. The highest BCUT2D eigenvalue weighted by molar-refractivity contribution is 5.87. The zero-order valence-corrected chi connectivity index (χ0v) is 10.4. The van der Waals surface area contributed by atoms with E-state index in [-0.39, 0.29) is 17.6 Å². The average molecular weight is 226 g/mol. The SMILES string of the molecule is CC1CCCC(C(=O)C(C)C(C)C(=O)O)C1. The Morgan fingerprint density at radius 2 is 1.81 bits per heavy atom. The lowest BCUT2D eigenvalue weighted by atomic mass is 9.75. The summed E-state index contributed by atoms with van der Waals surface area (Å²) in [5.41, 5.74) is 0. The number of carboxylic acids is 1. The van der Waals surface area contributed by atoms with Gasteiger partial charge in [-0.15, -0.1) is 0 Å². The molecular weight excluding hydrogens is 204 g/mol. The van der Waals surface area contributed by atoms with E-state index >= 15 is 0 Å². The molecule has 0 spiro atoms. The second-order valence-corrected chi connectivity index (χ2v) is 5.29. The largest absolute Gasteiger partial charge is 0.481 e. The summed E-state index contributed by atoms with van der Waals surface area (Å²) in [6, 6.07) is 0. The van der Waals surface area contributed by atoms with Gasteiger partial charge in [0.1, 0.15) is 5.78 Å². The lowest BCUT2D eigenvalue weighted by Gasteiger charge is -2.28. The van der Waals surface area contributed by atoms with Crippen molar-refractivity contribution in [3.8, 4) is 0 Å². The minimum atomic E-state index is -0.871. The summed E-state index contributed by atoms with van der Waals surface area (Å²) >= 11 is 0. The van der Waals surface area contributed by atoms with Gasteiger partial charge in [-0.3, -0.25) is 9.59 Å². The molecule has 92 valence electrons. The Morgan fingerprint density at radius 1 is 1.19 bits per heavy atom. The first-order chi connectivity index (χ1) is 7.43. The number of hydrogen-bond donors (Lipinski definition) is 1. The molecule has 0 amide bonds. The third kappa shape index (κ3) is 3.06. The van der Waals surface area contributed by atoms with Gasteiger partial charge in [-0.2, -0.15) is 0 Å². The predicted octanol–water partition coefficient (Wildman–Crippen LogP) is 2.74. The normalized spacial score (nSPS) is 29.4. The van der Waals surface area contributed by atoms with Crippen LogP contribution in [0.15, 0.2) is 0 Å². The van der Waals surface area contributed by atoms with Crippen LogP contribution in [0.3, 0.4) is 0 Å². The standard InChI is InChI=1S/C13H22O3/c1-8-5-4-6-11(7-8)12(14)9(2)10(3)13(15)16/h8-11H,4-7H2,1-3H3,(H,15,16). The fourth-order valence-corrected chi connectivity index (χ4v) is 2.52. The van der Waals surface area contributed by atoms with E-state index in [2.05, 4.69) is 6.92 Å². The van der Waals surface area contributed by atoms with Crippen LogP contribution in [0.25, 0.3) is 0 Å². The first kappa shape index (κ1) is 13.2. The Labute approximate surface area is 97.2 Å². The van der Waals surface area contributed by atoms with E-state index < -0.39 is 11.9 Å². The Balaban J connectivity index is 2.59. The lowest BCUT2D eigenvalue weighted by molar-refractivity contribution is -0.146. The van der Waals surface area contributed by atoms with E-state index in [9.17, 15) is 9.59 Å². The number of carbonyl (C=O) groups is 2. The third-order valence-corrected chi connectivity index (χ3v) is 3.93. The van der Waals surface area contributed by atoms with Crippen LogP contribution in [0, 0.1) is 23.7 Å². The van der Waals surface area contributed by atoms with Gasteiger partial charge in [0.05, 0.1) is 5.92 Å². The van der Waals surface area contributed by atoms with Crippen molar-refractivity contribution >= 4 is 11.8 Å². The number of rotatable bonds is 4. The monoisotopic (exact) mass is 226 g/mol. The molecule has 1 N–H and O–H groups in total. The third-order valence-electron chi connectivity index (χ3n) is 3.93. The summed E-state index contributed by atoms with van der Waals surface area (Å²) in [5, 5.41) is 8.90. The fraction of sp³-hybridized carbons (Fsp3) is 0.846. The molecule has 0 heterocycles. The van der Waals surface area contributed by atoms with Gasteiger partial charge in [0.2, 0.25) is 0 Å². The van der Waals surface area contributed by atoms with Crippen molar-refractivity contribution in [2.75, 3.05) is 0 Å². The van der Waals surface area contributed by atoms with E-state index in [4.69, 9.17) is 5.11 Å². The van der Waals surface area contributed by atoms with Crippen LogP contribution in [0.1, 0.15) is 46.5 Å². The first-order valence-electron chi connectivity index (χ1n) is 6.20. The van der Waals surface area contributed by atoms with Gasteiger partial charge in [0.15, 0.2) is 0 Å². The van der Waals surface area contributed by atoms with Crippen molar-refractivity contribution in [2.24, 2.45) is 23.7 Å². The zero-order valence-electron chi connectivity index (χ0n) is 10.4. The van der Waals surface area contributed by atoms with Crippen molar-refractivity contribution in [1.29, 1.82) is 0 Å². The maximum atomic E-state index is 12.1. The number of carboxylic acid groups (broad SMARTS) is 1. The van der Waals surface area contributed by atoms with Crippen molar-refractivity contribution in [3.05, 3.63) is 0 Å². The summed E-state index contributed by atoms with van der Waals surface area (Å²) in [7, 11) is 0. The molecule has 0 bridgehead atoms. The van der Waals surface area contributed by atoms with Crippen LogP contribution in [0.5, 0.6) is 0 Å². The molecule has 1 saturated carbocycles. The molecule has 0 saturated heterocycles. The van der Waals surface area contributed by atoms with Gasteiger partial charge in [-0.05, 0) is 18.8 Å². The molecule has 3 nitrogen and oxygen atoms in total. The highest BCUT2D eigenvalue weighted by Gasteiger charge is 2.32. The molecule has 0 aromatic heterocycles. The second-order valence-electron chi connectivity index (χ2n) is 5.29. The Kier molecular flexibility index (Phi) is 4.51. The minimum Gasteiger partial charge on any atom is -0.481 e. The molecule has 0 radical (unpaired) electrons. The van der Waals surface area contributed by atoms with Crippen LogP contribution in [-0.2, 0) is 9.59 Å². The van der Waals surface area contributed by atoms with Gasteiger partial charge in [0, 0.05) is 11.8 Å². The second kappa shape index (κ2) is 5.46. The molecule has 4 unspecified atom stereocenters. The predicted molar refractivity (Wildman–Crippen MR) is 62.1 cm³/mol. The van der Waals surface area contributed by atoms with Crippen LogP contribution >= 0.6 is 0 Å². The first-order valence-corrected chi connectivity index (χ1v) is 6.20. The highest BCUT2D eigenvalue weighted by atomic mass is 16.4. The molecule has 3 heteroatoms. The average Bonchev–Trinajstić information content (AvgIpc) is 2.26. The van der Waals surface area contributed by atoms with E-state index in [1.54, 1.807) is 13.8 Å². The maximum absolute atomic E-state index is 12.1. The number of aliphatic carboxylic acids is 1. The van der Waals surface area contributed by atoms with E-state index in [0.717, 1.165) is 19.3 Å². The van der Waals surface area contributed by atoms with Crippen molar-refractivity contribution in [1.82, 2.24) is 0 Å². The molecule has 0 aliphatic heterocycles. The summed E-state index contributed by atoms with van der Waals surface area (Å²) in [5.74, 6) is -0.931. The number of ketones is 1. The molecule has 16 heavy (non-hydrogen) atoms. The zero-order chi connectivity index (χ0) is 12.3. The molecule has 1 rings (SSSR count). The van der Waals surface area contributed by atoms with Gasteiger partial charge in [0.25, 0.3) is 0 Å². The molecule has 1 aliphatic rings. The quantitative estimate of drug-likeness (QED) is 0.802. The summed E-state index contributed by atoms with van der Waals surface area (Å²) < 4.78 is 0. The Morgan fingerprint density at radius 3 is 2.31 bits per heavy atom. The van der Waals surface area contributed by atoms with Gasteiger partial charge < -0.3 is 5.11 Å². The van der Waals surface area contributed by atoms with Gasteiger partial charge >= 0.3 is 5.97 Å². The van der Waals surface area contributed by atoms with E-state index in [1.165, 1.54) is 6.42 Å². The fourth-order valence-electron chi connectivity index (χ4n) is 2.52. The molecule has 0 aromatic carbocycles. The minimum absolute atomic E-state index is 0.0977. The molecule has 0 aromatic rings. The Bertz CT molecular complexity index is 272. The van der Waals surface area contributed by atoms with Crippen LogP contribution in [-0.4, -0.2) is 16.9 Å².